The van der Waals surface area contributed by atoms with Crippen molar-refractivity contribution in [3.8, 4) is 0 Å². The number of carbonyl (C=O) groups excluding carboxylic acids is 1. The minimum atomic E-state index is -0.391. The standard InChI is InChI=1S/C10H18N2O3/c1-11-7-9(13)12-8-2-3-10(6-8)14-4-5-15-10/h8,11H,2-7H2,1H3,(H,12,13). The lowest BCUT2D eigenvalue weighted by molar-refractivity contribution is -0.151. The van der Waals surface area contributed by atoms with Crippen LogP contribution in [0.2, 0.25) is 0 Å². The lowest BCUT2D eigenvalue weighted by Gasteiger charge is -2.21. The molecular formula is C10H18N2O3. The van der Waals surface area contributed by atoms with E-state index in [1.807, 2.05) is 0 Å². The molecule has 1 saturated carbocycles. The summed E-state index contributed by atoms with van der Waals surface area (Å²) in [6.07, 6.45) is 2.61. The highest BCUT2D eigenvalue weighted by molar-refractivity contribution is 5.78. The van der Waals surface area contributed by atoms with Gasteiger partial charge in [0.2, 0.25) is 5.91 Å². The van der Waals surface area contributed by atoms with Gasteiger partial charge in [-0.2, -0.15) is 0 Å². The Labute approximate surface area is 89.5 Å². The van der Waals surface area contributed by atoms with Crippen LogP contribution >= 0.6 is 0 Å². The molecule has 0 bridgehead atoms. The Morgan fingerprint density at radius 3 is 2.87 bits per heavy atom. The molecule has 1 unspecified atom stereocenters. The van der Waals surface area contributed by atoms with Gasteiger partial charge in [-0.3, -0.25) is 4.79 Å². The Morgan fingerprint density at radius 2 is 2.20 bits per heavy atom. The first-order chi connectivity index (χ1) is 7.24. The van der Waals surface area contributed by atoms with E-state index in [0.717, 1.165) is 19.3 Å². The maximum atomic E-state index is 11.3. The van der Waals surface area contributed by atoms with Gasteiger partial charge in [0.25, 0.3) is 0 Å². The fraction of sp³-hybridized carbons (Fsp3) is 0.900. The van der Waals surface area contributed by atoms with Crippen molar-refractivity contribution in [2.45, 2.75) is 31.1 Å². The predicted molar refractivity (Wildman–Crippen MR) is 54.3 cm³/mol. The molecule has 1 aliphatic carbocycles. The van der Waals surface area contributed by atoms with Crippen LogP contribution in [-0.4, -0.2) is 44.5 Å². The van der Waals surface area contributed by atoms with Crippen molar-refractivity contribution >= 4 is 5.91 Å². The topological polar surface area (TPSA) is 59.6 Å². The largest absolute Gasteiger partial charge is 0.352 e. The minimum Gasteiger partial charge on any atom is -0.352 e. The number of hydrogen-bond donors (Lipinski definition) is 2. The molecule has 1 aliphatic heterocycles. The summed E-state index contributed by atoms with van der Waals surface area (Å²) in [5, 5.41) is 5.80. The number of hydrogen-bond acceptors (Lipinski definition) is 4. The highest BCUT2D eigenvalue weighted by atomic mass is 16.7. The van der Waals surface area contributed by atoms with Crippen LogP contribution in [0.4, 0.5) is 0 Å². The van der Waals surface area contributed by atoms with Crippen LogP contribution in [0.15, 0.2) is 0 Å². The average Bonchev–Trinajstić information content (AvgIpc) is 2.79. The zero-order valence-corrected chi connectivity index (χ0v) is 9.04. The smallest absolute Gasteiger partial charge is 0.234 e. The number of amides is 1. The van der Waals surface area contributed by atoms with Crippen LogP contribution in [0.1, 0.15) is 19.3 Å². The van der Waals surface area contributed by atoms with Crippen LogP contribution in [0.3, 0.4) is 0 Å². The molecule has 5 heteroatoms. The Bertz CT molecular complexity index is 239. The summed E-state index contributed by atoms with van der Waals surface area (Å²) in [6, 6.07) is 0.198. The van der Waals surface area contributed by atoms with Crippen LogP contribution < -0.4 is 10.6 Å². The molecule has 1 saturated heterocycles. The van der Waals surface area contributed by atoms with E-state index in [1.165, 1.54) is 0 Å². The highest BCUT2D eigenvalue weighted by Gasteiger charge is 2.44. The van der Waals surface area contributed by atoms with Crippen molar-refractivity contribution in [1.29, 1.82) is 0 Å². The second-order valence-electron chi connectivity index (χ2n) is 4.15. The normalized spacial score (nSPS) is 28.5. The quantitative estimate of drug-likeness (QED) is 0.672. The molecule has 2 N–H and O–H groups in total. The number of likely N-dealkylation sites (N-methyl/N-ethyl adjacent to an activating group) is 1. The summed E-state index contributed by atoms with van der Waals surface area (Å²) in [6.45, 7) is 1.72. The van der Waals surface area contributed by atoms with Gasteiger partial charge >= 0.3 is 0 Å². The lowest BCUT2D eigenvalue weighted by atomic mass is 10.2. The SMILES string of the molecule is CNCC(=O)NC1CCC2(C1)OCCO2. The first kappa shape index (κ1) is 10.9. The van der Waals surface area contributed by atoms with Crippen LogP contribution in [-0.2, 0) is 14.3 Å². The first-order valence-corrected chi connectivity index (χ1v) is 5.46. The molecular weight excluding hydrogens is 196 g/mol. The van der Waals surface area contributed by atoms with E-state index >= 15 is 0 Å². The van der Waals surface area contributed by atoms with Gasteiger partial charge in [0.1, 0.15) is 0 Å². The van der Waals surface area contributed by atoms with Gasteiger partial charge in [0.05, 0.1) is 19.8 Å². The van der Waals surface area contributed by atoms with Crippen molar-refractivity contribution in [3.63, 3.8) is 0 Å². The summed E-state index contributed by atoms with van der Waals surface area (Å²) in [5.41, 5.74) is 0. The molecule has 0 aromatic rings. The van der Waals surface area contributed by atoms with E-state index in [0.29, 0.717) is 19.8 Å². The maximum Gasteiger partial charge on any atom is 0.234 e. The minimum absolute atomic E-state index is 0.0394. The van der Waals surface area contributed by atoms with E-state index in [1.54, 1.807) is 7.05 Å². The Hall–Kier alpha value is -0.650. The Kier molecular flexibility index (Phi) is 3.23. The summed E-state index contributed by atoms with van der Waals surface area (Å²) in [7, 11) is 1.76. The van der Waals surface area contributed by atoms with Gasteiger partial charge in [-0.25, -0.2) is 0 Å². The van der Waals surface area contributed by atoms with Gasteiger partial charge in [0, 0.05) is 18.9 Å². The fourth-order valence-corrected chi connectivity index (χ4v) is 2.30. The summed E-state index contributed by atoms with van der Waals surface area (Å²) in [5.74, 6) is -0.352. The molecule has 1 atom stereocenters. The van der Waals surface area contributed by atoms with Gasteiger partial charge in [-0.15, -0.1) is 0 Å². The number of carbonyl (C=O) groups is 1. The van der Waals surface area contributed by atoms with E-state index in [4.69, 9.17) is 9.47 Å². The van der Waals surface area contributed by atoms with Gasteiger partial charge in [0.15, 0.2) is 5.79 Å². The number of rotatable bonds is 3. The van der Waals surface area contributed by atoms with Gasteiger partial charge < -0.3 is 20.1 Å². The van der Waals surface area contributed by atoms with E-state index in [9.17, 15) is 4.79 Å². The Balaban J connectivity index is 1.79. The molecule has 2 aliphatic rings. The molecule has 0 aromatic heterocycles. The monoisotopic (exact) mass is 214 g/mol. The summed E-state index contributed by atoms with van der Waals surface area (Å²) in [4.78, 5) is 11.3. The lowest BCUT2D eigenvalue weighted by Crippen LogP contribution is -2.40. The third-order valence-corrected chi connectivity index (χ3v) is 2.95. The second kappa shape index (κ2) is 4.47. The Morgan fingerprint density at radius 1 is 1.47 bits per heavy atom. The fourth-order valence-electron chi connectivity index (χ4n) is 2.30. The second-order valence-corrected chi connectivity index (χ2v) is 4.15. The molecule has 86 valence electrons. The molecule has 1 spiro atoms. The first-order valence-electron chi connectivity index (χ1n) is 5.46. The number of ether oxygens (including phenoxy) is 2. The molecule has 2 fully saturated rings. The van der Waals surface area contributed by atoms with Crippen molar-refractivity contribution in [3.05, 3.63) is 0 Å². The molecule has 0 aromatic carbocycles. The zero-order valence-electron chi connectivity index (χ0n) is 9.04. The van der Waals surface area contributed by atoms with Crippen molar-refractivity contribution in [2.24, 2.45) is 0 Å². The average molecular weight is 214 g/mol. The van der Waals surface area contributed by atoms with Crippen molar-refractivity contribution in [1.82, 2.24) is 10.6 Å². The van der Waals surface area contributed by atoms with Crippen LogP contribution in [0.25, 0.3) is 0 Å². The van der Waals surface area contributed by atoms with E-state index < -0.39 is 5.79 Å². The van der Waals surface area contributed by atoms with Crippen molar-refractivity contribution < 1.29 is 14.3 Å². The third kappa shape index (κ3) is 2.48. The highest BCUT2D eigenvalue weighted by Crippen LogP contribution is 2.37. The molecule has 1 amide bonds. The molecule has 0 radical (unpaired) electrons. The van der Waals surface area contributed by atoms with Crippen LogP contribution in [0, 0.1) is 0 Å². The summed E-state index contributed by atoms with van der Waals surface area (Å²) < 4.78 is 11.2. The maximum absolute atomic E-state index is 11.3. The van der Waals surface area contributed by atoms with E-state index in [2.05, 4.69) is 10.6 Å². The predicted octanol–water partition coefficient (Wildman–Crippen LogP) is -0.382. The van der Waals surface area contributed by atoms with Crippen molar-refractivity contribution in [2.75, 3.05) is 26.8 Å². The summed E-state index contributed by atoms with van der Waals surface area (Å²) >= 11 is 0. The molecule has 1 heterocycles. The van der Waals surface area contributed by atoms with Gasteiger partial charge in [-0.05, 0) is 13.5 Å². The zero-order chi connectivity index (χ0) is 10.7. The molecule has 5 nitrogen and oxygen atoms in total. The van der Waals surface area contributed by atoms with Gasteiger partial charge in [-0.1, -0.05) is 0 Å². The molecule has 15 heavy (non-hydrogen) atoms. The molecule has 2 rings (SSSR count). The van der Waals surface area contributed by atoms with Crippen LogP contribution in [0.5, 0.6) is 0 Å². The van der Waals surface area contributed by atoms with E-state index in [-0.39, 0.29) is 11.9 Å². The number of nitrogens with one attached hydrogen (secondary N) is 2. The third-order valence-electron chi connectivity index (χ3n) is 2.95.